The summed E-state index contributed by atoms with van der Waals surface area (Å²) in [6, 6.07) is 9.15. The van der Waals surface area contributed by atoms with Gasteiger partial charge in [-0.15, -0.1) is 11.3 Å². The molecule has 3 amide bonds. The van der Waals surface area contributed by atoms with Gasteiger partial charge in [0.1, 0.15) is 6.04 Å². The second kappa shape index (κ2) is 9.33. The highest BCUT2D eigenvalue weighted by Gasteiger charge is 2.36. The molecule has 0 aliphatic carbocycles. The molecular weight excluding hydrogens is 394 g/mol. The molecule has 2 N–H and O–H groups in total. The van der Waals surface area contributed by atoms with Gasteiger partial charge in [-0.05, 0) is 48.6 Å². The number of benzene rings is 1. The molecule has 3 rings (SSSR count). The number of esters is 1. The van der Waals surface area contributed by atoms with E-state index in [-0.39, 0.29) is 11.8 Å². The van der Waals surface area contributed by atoms with Gasteiger partial charge in [-0.25, -0.2) is 4.79 Å². The first-order valence-corrected chi connectivity index (χ1v) is 10.0. The van der Waals surface area contributed by atoms with E-state index in [0.29, 0.717) is 35.5 Å². The SMILES string of the molecule is CNC(=O)c1ccc(NC(=O)COC(=O)[C@@H]2CCCN2C(=O)c2cccs2)cc1. The van der Waals surface area contributed by atoms with Gasteiger partial charge in [0.05, 0.1) is 4.88 Å². The molecule has 0 spiro atoms. The Bertz CT molecular complexity index is 895. The van der Waals surface area contributed by atoms with E-state index in [0.717, 1.165) is 0 Å². The number of hydrogen-bond donors (Lipinski definition) is 2. The smallest absolute Gasteiger partial charge is 0.329 e. The molecule has 1 saturated heterocycles. The Morgan fingerprint density at radius 1 is 1.17 bits per heavy atom. The van der Waals surface area contributed by atoms with E-state index < -0.39 is 24.5 Å². The number of thiophene rings is 1. The van der Waals surface area contributed by atoms with Crippen LogP contribution in [0.5, 0.6) is 0 Å². The first-order valence-electron chi connectivity index (χ1n) is 9.12. The minimum atomic E-state index is -0.677. The highest BCUT2D eigenvalue weighted by atomic mass is 32.1. The van der Waals surface area contributed by atoms with Gasteiger partial charge in [-0.3, -0.25) is 14.4 Å². The summed E-state index contributed by atoms with van der Waals surface area (Å²) in [6.07, 6.45) is 1.22. The number of ether oxygens (including phenoxy) is 1. The van der Waals surface area contributed by atoms with Crippen LogP contribution in [-0.4, -0.2) is 54.8 Å². The number of carbonyl (C=O) groups excluding carboxylic acids is 4. The second-order valence-corrected chi connectivity index (χ2v) is 7.39. The summed E-state index contributed by atoms with van der Waals surface area (Å²) in [4.78, 5) is 50.6. The van der Waals surface area contributed by atoms with Gasteiger partial charge < -0.3 is 20.3 Å². The van der Waals surface area contributed by atoms with Crippen LogP contribution in [0.3, 0.4) is 0 Å². The van der Waals surface area contributed by atoms with Crippen molar-refractivity contribution in [3.8, 4) is 0 Å². The molecule has 0 saturated carbocycles. The van der Waals surface area contributed by atoms with Crippen molar-refractivity contribution in [2.45, 2.75) is 18.9 Å². The normalized spacial score (nSPS) is 15.6. The van der Waals surface area contributed by atoms with Crippen LogP contribution in [-0.2, 0) is 14.3 Å². The molecule has 1 aliphatic heterocycles. The summed E-state index contributed by atoms with van der Waals surface area (Å²) in [6.45, 7) is 0.0357. The third kappa shape index (κ3) is 5.00. The van der Waals surface area contributed by atoms with E-state index in [9.17, 15) is 19.2 Å². The zero-order chi connectivity index (χ0) is 20.8. The maximum atomic E-state index is 12.5. The number of rotatable bonds is 6. The van der Waals surface area contributed by atoms with Gasteiger partial charge in [0.2, 0.25) is 0 Å². The number of hydrogen-bond acceptors (Lipinski definition) is 6. The molecule has 1 atom stereocenters. The van der Waals surface area contributed by atoms with Crippen LogP contribution in [0.1, 0.15) is 32.9 Å². The summed E-state index contributed by atoms with van der Waals surface area (Å²) in [5.74, 6) is -1.51. The van der Waals surface area contributed by atoms with Crippen molar-refractivity contribution >= 4 is 40.7 Å². The molecule has 9 heteroatoms. The molecule has 29 heavy (non-hydrogen) atoms. The number of amides is 3. The van der Waals surface area contributed by atoms with E-state index in [1.807, 2.05) is 5.38 Å². The minimum Gasteiger partial charge on any atom is -0.454 e. The van der Waals surface area contributed by atoms with Crippen molar-refractivity contribution in [2.24, 2.45) is 0 Å². The van der Waals surface area contributed by atoms with E-state index in [4.69, 9.17) is 4.74 Å². The molecule has 0 unspecified atom stereocenters. The third-order valence-electron chi connectivity index (χ3n) is 4.52. The lowest BCUT2D eigenvalue weighted by molar-refractivity contribution is -0.151. The Labute approximate surface area is 171 Å². The number of anilines is 1. The van der Waals surface area contributed by atoms with Gasteiger partial charge in [-0.1, -0.05) is 6.07 Å². The van der Waals surface area contributed by atoms with Crippen molar-refractivity contribution in [1.82, 2.24) is 10.2 Å². The Kier molecular flexibility index (Phi) is 6.61. The summed E-state index contributed by atoms with van der Waals surface area (Å²) >= 11 is 1.32. The van der Waals surface area contributed by atoms with Crippen LogP contribution < -0.4 is 10.6 Å². The fraction of sp³-hybridized carbons (Fsp3) is 0.300. The zero-order valence-electron chi connectivity index (χ0n) is 15.8. The molecule has 1 aromatic heterocycles. The van der Waals surface area contributed by atoms with E-state index in [2.05, 4.69) is 10.6 Å². The highest BCUT2D eigenvalue weighted by molar-refractivity contribution is 7.12. The van der Waals surface area contributed by atoms with Crippen molar-refractivity contribution in [2.75, 3.05) is 25.5 Å². The number of nitrogens with one attached hydrogen (secondary N) is 2. The van der Waals surface area contributed by atoms with Gasteiger partial charge in [0, 0.05) is 24.8 Å². The minimum absolute atomic E-state index is 0.194. The monoisotopic (exact) mass is 415 g/mol. The van der Waals surface area contributed by atoms with Crippen molar-refractivity contribution < 1.29 is 23.9 Å². The lowest BCUT2D eigenvalue weighted by atomic mass is 10.2. The van der Waals surface area contributed by atoms with Crippen LogP contribution in [0.2, 0.25) is 0 Å². The highest BCUT2D eigenvalue weighted by Crippen LogP contribution is 2.23. The first kappa shape index (κ1) is 20.5. The summed E-state index contributed by atoms with van der Waals surface area (Å²) in [5, 5.41) is 6.92. The van der Waals surface area contributed by atoms with Crippen LogP contribution in [0, 0.1) is 0 Å². The Morgan fingerprint density at radius 2 is 1.93 bits per heavy atom. The molecule has 2 aromatic rings. The van der Waals surface area contributed by atoms with Crippen LogP contribution in [0.25, 0.3) is 0 Å². The third-order valence-corrected chi connectivity index (χ3v) is 5.38. The largest absolute Gasteiger partial charge is 0.454 e. The second-order valence-electron chi connectivity index (χ2n) is 6.45. The Morgan fingerprint density at radius 3 is 2.59 bits per heavy atom. The molecule has 8 nitrogen and oxygen atoms in total. The van der Waals surface area contributed by atoms with Crippen LogP contribution >= 0.6 is 11.3 Å². The van der Waals surface area contributed by atoms with Gasteiger partial charge in [0.15, 0.2) is 6.61 Å². The molecule has 0 radical (unpaired) electrons. The Hall–Kier alpha value is -3.20. The average molecular weight is 415 g/mol. The van der Waals surface area contributed by atoms with Crippen LogP contribution in [0.4, 0.5) is 5.69 Å². The lowest BCUT2D eigenvalue weighted by Gasteiger charge is -2.22. The summed E-state index contributed by atoms with van der Waals surface area (Å²) in [5.41, 5.74) is 0.947. The predicted octanol–water partition coefficient (Wildman–Crippen LogP) is 1.89. The summed E-state index contributed by atoms with van der Waals surface area (Å²) < 4.78 is 5.13. The predicted molar refractivity (Wildman–Crippen MR) is 108 cm³/mol. The molecule has 0 bridgehead atoms. The quantitative estimate of drug-likeness (QED) is 0.701. The lowest BCUT2D eigenvalue weighted by Crippen LogP contribution is -2.41. The maximum absolute atomic E-state index is 12.5. The topological polar surface area (TPSA) is 105 Å². The van der Waals surface area contributed by atoms with E-state index >= 15 is 0 Å². The number of likely N-dealkylation sites (tertiary alicyclic amines) is 1. The molecule has 1 aromatic carbocycles. The van der Waals surface area contributed by atoms with Crippen LogP contribution in [0.15, 0.2) is 41.8 Å². The van der Waals surface area contributed by atoms with Gasteiger partial charge in [0.25, 0.3) is 17.7 Å². The standard InChI is InChI=1S/C20H21N3O5S/c1-21-18(25)13-6-8-14(9-7-13)22-17(24)12-28-20(27)15-4-2-10-23(15)19(26)16-5-3-11-29-16/h3,5-9,11,15H,2,4,10,12H2,1H3,(H,21,25)(H,22,24)/t15-/m0/s1. The van der Waals surface area contributed by atoms with Gasteiger partial charge >= 0.3 is 5.97 Å². The van der Waals surface area contributed by atoms with E-state index in [1.165, 1.54) is 23.3 Å². The molecular formula is C20H21N3O5S. The summed E-state index contributed by atoms with van der Waals surface area (Å²) in [7, 11) is 1.53. The van der Waals surface area contributed by atoms with Crippen molar-refractivity contribution in [1.29, 1.82) is 0 Å². The molecule has 1 aliphatic rings. The first-order chi connectivity index (χ1) is 14.0. The van der Waals surface area contributed by atoms with Crippen molar-refractivity contribution in [3.63, 3.8) is 0 Å². The maximum Gasteiger partial charge on any atom is 0.329 e. The average Bonchev–Trinajstić information content (AvgIpc) is 3.43. The Balaban J connectivity index is 1.51. The van der Waals surface area contributed by atoms with Crippen molar-refractivity contribution in [3.05, 3.63) is 52.2 Å². The fourth-order valence-electron chi connectivity index (χ4n) is 3.08. The number of nitrogens with zero attached hydrogens (tertiary/aromatic N) is 1. The zero-order valence-corrected chi connectivity index (χ0v) is 16.7. The van der Waals surface area contributed by atoms with E-state index in [1.54, 1.807) is 36.4 Å². The van der Waals surface area contributed by atoms with Gasteiger partial charge in [-0.2, -0.15) is 0 Å². The number of carbonyl (C=O) groups is 4. The molecule has 1 fully saturated rings. The fourth-order valence-corrected chi connectivity index (χ4v) is 3.75. The molecule has 2 heterocycles. The molecule has 152 valence electrons.